The summed E-state index contributed by atoms with van der Waals surface area (Å²) < 4.78 is 0. The molecule has 0 aromatic carbocycles. The lowest BCUT2D eigenvalue weighted by Crippen LogP contribution is -2.41. The molecule has 0 radical (unpaired) electrons. The Kier molecular flexibility index (Phi) is 6.50. The van der Waals surface area contributed by atoms with Gasteiger partial charge in [-0.05, 0) is 43.3 Å². The van der Waals surface area contributed by atoms with Gasteiger partial charge >= 0.3 is 7.12 Å². The van der Waals surface area contributed by atoms with E-state index in [1.165, 1.54) is 12.3 Å². The van der Waals surface area contributed by atoms with E-state index in [2.05, 4.69) is 15.6 Å². The summed E-state index contributed by atoms with van der Waals surface area (Å²) in [6.45, 7) is 1.70. The predicted octanol–water partition coefficient (Wildman–Crippen LogP) is -0.403. The monoisotopic (exact) mass is 344 g/mol. The summed E-state index contributed by atoms with van der Waals surface area (Å²) in [5.41, 5.74) is 0.904. The van der Waals surface area contributed by atoms with Crippen molar-refractivity contribution in [3.63, 3.8) is 0 Å². The molecule has 1 saturated carbocycles. The molecule has 0 aliphatic heterocycles. The molecule has 1 aromatic rings. The van der Waals surface area contributed by atoms with Crippen LogP contribution in [0.15, 0.2) is 12.3 Å². The van der Waals surface area contributed by atoms with Gasteiger partial charge in [0, 0.05) is 18.2 Å². The molecule has 2 atom stereocenters. The highest BCUT2D eigenvalue weighted by Gasteiger charge is 2.28. The average Bonchev–Trinajstić information content (AvgIpc) is 2.56. The van der Waals surface area contributed by atoms with Crippen LogP contribution in [0.25, 0.3) is 0 Å². The quantitative estimate of drug-likeness (QED) is 0.537. The predicted molar refractivity (Wildman–Crippen MR) is 91.5 cm³/mol. The lowest BCUT2D eigenvalue weighted by Gasteiger charge is -2.28. The lowest BCUT2D eigenvalue weighted by atomic mass is 9.78. The van der Waals surface area contributed by atoms with Crippen LogP contribution in [0.5, 0.6) is 0 Å². The Morgan fingerprint density at radius 2 is 2.20 bits per heavy atom. The molecule has 1 aliphatic rings. The van der Waals surface area contributed by atoms with Crippen LogP contribution in [0.3, 0.4) is 0 Å². The summed E-state index contributed by atoms with van der Waals surface area (Å²) in [6.07, 6.45) is 4.08. The van der Waals surface area contributed by atoms with Crippen LogP contribution in [-0.4, -0.2) is 40.0 Å². The Hall–Kier alpha value is -2.44. The molecule has 2 rings (SSSR count). The van der Waals surface area contributed by atoms with Gasteiger partial charge < -0.3 is 20.7 Å². The van der Waals surface area contributed by atoms with E-state index in [4.69, 9.17) is 5.26 Å². The fourth-order valence-electron chi connectivity index (χ4n) is 3.02. The number of aryl methyl sites for hydroxylation is 1. The molecule has 25 heavy (non-hydrogen) atoms. The Balaban J connectivity index is 1.97. The molecule has 1 aromatic heterocycles. The molecule has 8 nitrogen and oxygen atoms in total. The van der Waals surface area contributed by atoms with Crippen molar-refractivity contribution in [3.05, 3.63) is 17.8 Å². The second-order valence-corrected chi connectivity index (χ2v) is 6.25. The standard InChI is InChI=1S/C16H21BN4O4/c1-10-9-19-14(8-13(10)17(24)25)21-16(23)11-3-2-4-12(7-11)20-15(22)5-6-18/h8-9,11-12,24-25H,2-5,7H2,1H3,(H,20,22)(H,19,21,23)/t11-,12+/m0/s1. The van der Waals surface area contributed by atoms with Gasteiger partial charge in [0.05, 0.1) is 6.07 Å². The van der Waals surface area contributed by atoms with Crippen LogP contribution in [0.1, 0.15) is 37.7 Å². The molecule has 0 bridgehead atoms. The van der Waals surface area contributed by atoms with E-state index in [-0.39, 0.29) is 41.5 Å². The first-order chi connectivity index (χ1) is 11.9. The summed E-state index contributed by atoms with van der Waals surface area (Å²) in [4.78, 5) is 28.1. The lowest BCUT2D eigenvalue weighted by molar-refractivity contribution is -0.124. The minimum absolute atomic E-state index is 0.119. The first kappa shape index (κ1) is 18.9. The minimum Gasteiger partial charge on any atom is -0.423 e. The Morgan fingerprint density at radius 1 is 1.44 bits per heavy atom. The Bertz CT molecular complexity index is 689. The number of pyridine rings is 1. The maximum absolute atomic E-state index is 12.4. The SMILES string of the molecule is Cc1cnc(NC(=O)[C@H]2CCC[C@@H](NC(=O)CC#N)C2)cc1B(O)O. The Labute approximate surface area is 146 Å². The molecule has 9 heteroatoms. The Morgan fingerprint density at radius 3 is 2.88 bits per heavy atom. The molecule has 1 aliphatic carbocycles. The van der Waals surface area contributed by atoms with Crippen molar-refractivity contribution < 1.29 is 19.6 Å². The molecular weight excluding hydrogens is 323 g/mol. The van der Waals surface area contributed by atoms with E-state index >= 15 is 0 Å². The van der Waals surface area contributed by atoms with Crippen LogP contribution in [0.4, 0.5) is 5.82 Å². The number of nitriles is 1. The van der Waals surface area contributed by atoms with E-state index in [1.54, 1.807) is 13.0 Å². The first-order valence-electron chi connectivity index (χ1n) is 8.20. The third-order valence-electron chi connectivity index (χ3n) is 4.32. The zero-order valence-corrected chi connectivity index (χ0v) is 14.0. The van der Waals surface area contributed by atoms with Gasteiger partial charge in [0.25, 0.3) is 0 Å². The number of hydrogen-bond donors (Lipinski definition) is 4. The molecule has 0 unspecified atom stereocenters. The molecule has 0 spiro atoms. The number of carbonyl (C=O) groups excluding carboxylic acids is 2. The zero-order chi connectivity index (χ0) is 18.4. The molecule has 2 amide bonds. The van der Waals surface area contributed by atoms with Gasteiger partial charge in [0.1, 0.15) is 12.2 Å². The van der Waals surface area contributed by atoms with Gasteiger partial charge in [-0.3, -0.25) is 9.59 Å². The van der Waals surface area contributed by atoms with E-state index in [0.29, 0.717) is 18.4 Å². The van der Waals surface area contributed by atoms with Gasteiger partial charge in [-0.2, -0.15) is 5.26 Å². The van der Waals surface area contributed by atoms with E-state index in [1.807, 2.05) is 0 Å². The average molecular weight is 344 g/mol. The maximum atomic E-state index is 12.4. The largest absolute Gasteiger partial charge is 0.488 e. The third-order valence-corrected chi connectivity index (χ3v) is 4.32. The smallest absolute Gasteiger partial charge is 0.423 e. The summed E-state index contributed by atoms with van der Waals surface area (Å²) in [5, 5.41) is 32.7. The zero-order valence-electron chi connectivity index (χ0n) is 14.0. The number of nitrogens with zero attached hydrogens (tertiary/aromatic N) is 2. The number of aromatic nitrogens is 1. The van der Waals surface area contributed by atoms with Crippen molar-refractivity contribution in [2.75, 3.05) is 5.32 Å². The van der Waals surface area contributed by atoms with Gasteiger partial charge in [0.2, 0.25) is 11.8 Å². The van der Waals surface area contributed by atoms with Crippen molar-refractivity contribution in [3.8, 4) is 6.07 Å². The van der Waals surface area contributed by atoms with E-state index in [9.17, 15) is 19.6 Å². The van der Waals surface area contributed by atoms with Crippen molar-refractivity contribution >= 4 is 30.2 Å². The minimum atomic E-state index is -1.63. The number of carbonyl (C=O) groups is 2. The van der Waals surface area contributed by atoms with Crippen LogP contribution in [0.2, 0.25) is 0 Å². The van der Waals surface area contributed by atoms with E-state index in [0.717, 1.165) is 12.8 Å². The van der Waals surface area contributed by atoms with Crippen LogP contribution in [-0.2, 0) is 9.59 Å². The second kappa shape index (κ2) is 8.60. The number of hydrogen-bond acceptors (Lipinski definition) is 6. The number of anilines is 1. The maximum Gasteiger partial charge on any atom is 0.488 e. The van der Waals surface area contributed by atoms with Crippen molar-refractivity contribution in [1.82, 2.24) is 10.3 Å². The third kappa shape index (κ3) is 5.27. The van der Waals surface area contributed by atoms with Crippen LogP contribution < -0.4 is 16.1 Å². The van der Waals surface area contributed by atoms with Crippen LogP contribution in [0, 0.1) is 24.2 Å². The second-order valence-electron chi connectivity index (χ2n) is 6.25. The van der Waals surface area contributed by atoms with Gasteiger partial charge in [-0.25, -0.2) is 4.98 Å². The highest BCUT2D eigenvalue weighted by Crippen LogP contribution is 2.25. The number of amides is 2. The molecular formula is C16H21BN4O4. The summed E-state index contributed by atoms with van der Waals surface area (Å²) in [5.74, 6) is -0.551. The highest BCUT2D eigenvalue weighted by molar-refractivity contribution is 6.59. The van der Waals surface area contributed by atoms with Crippen molar-refractivity contribution in [1.29, 1.82) is 5.26 Å². The van der Waals surface area contributed by atoms with Crippen LogP contribution >= 0.6 is 0 Å². The molecule has 132 valence electrons. The van der Waals surface area contributed by atoms with Gasteiger partial charge in [0.15, 0.2) is 0 Å². The fourth-order valence-corrected chi connectivity index (χ4v) is 3.02. The fraction of sp³-hybridized carbons (Fsp3) is 0.500. The molecule has 1 fully saturated rings. The number of nitrogens with one attached hydrogen (secondary N) is 2. The van der Waals surface area contributed by atoms with Crippen molar-refractivity contribution in [2.45, 2.75) is 45.1 Å². The molecule has 4 N–H and O–H groups in total. The first-order valence-corrected chi connectivity index (χ1v) is 8.20. The normalized spacial score (nSPS) is 19.6. The summed E-state index contributed by atoms with van der Waals surface area (Å²) >= 11 is 0. The molecule has 0 saturated heterocycles. The van der Waals surface area contributed by atoms with Gasteiger partial charge in [-0.1, -0.05) is 6.42 Å². The van der Waals surface area contributed by atoms with Gasteiger partial charge in [-0.15, -0.1) is 0 Å². The summed E-state index contributed by atoms with van der Waals surface area (Å²) in [6, 6.07) is 3.12. The van der Waals surface area contributed by atoms with Crippen molar-refractivity contribution in [2.24, 2.45) is 5.92 Å². The molecule has 1 heterocycles. The van der Waals surface area contributed by atoms with E-state index < -0.39 is 7.12 Å². The topological polar surface area (TPSA) is 135 Å². The number of rotatable bonds is 5. The summed E-state index contributed by atoms with van der Waals surface area (Å²) in [7, 11) is -1.63. The highest BCUT2D eigenvalue weighted by atomic mass is 16.4.